The molecular formula is C25H34O7. The first-order chi connectivity index (χ1) is 14.9. The molecule has 1 unspecified atom stereocenters. The Hall–Kier alpha value is -2.02. The van der Waals surface area contributed by atoms with Gasteiger partial charge in [0, 0.05) is 25.7 Å². The van der Waals surface area contributed by atoms with Gasteiger partial charge in [-0.05, 0) is 67.8 Å². The van der Waals surface area contributed by atoms with E-state index in [2.05, 4.69) is 6.92 Å². The monoisotopic (exact) mass is 446 g/mol. The summed E-state index contributed by atoms with van der Waals surface area (Å²) >= 11 is 0. The number of hydrogen-bond acceptors (Lipinski definition) is 7. The standard InChI is InChI=1S/C25H34O7/c1-14(26)31-13-21(30)25(32-15(2)27)10-8-19-18-6-5-16-11-17(28)7-9-23(16,3)22(18)20(29)12-24(19,25)4/h11,18-20,22,29H,5-10,12-13H2,1-4H3/t18-,19-,20?,22+,23-,24-,25-/m0/s1. The summed E-state index contributed by atoms with van der Waals surface area (Å²) in [6.45, 7) is 6.22. The van der Waals surface area contributed by atoms with E-state index in [1.807, 2.05) is 6.92 Å². The minimum atomic E-state index is -1.41. The number of hydrogen-bond donors (Lipinski definition) is 1. The lowest BCUT2D eigenvalue weighted by atomic mass is 9.45. The molecule has 0 heterocycles. The van der Waals surface area contributed by atoms with Gasteiger partial charge in [-0.25, -0.2) is 0 Å². The van der Waals surface area contributed by atoms with Gasteiger partial charge in [0.25, 0.3) is 0 Å². The summed E-state index contributed by atoms with van der Waals surface area (Å²) in [6, 6.07) is 0. The van der Waals surface area contributed by atoms with Crippen LogP contribution in [0.5, 0.6) is 0 Å². The predicted octanol–water partition coefficient (Wildman–Crippen LogP) is 2.92. The summed E-state index contributed by atoms with van der Waals surface area (Å²) in [5, 5.41) is 11.5. The first-order valence-electron chi connectivity index (χ1n) is 11.7. The van der Waals surface area contributed by atoms with Gasteiger partial charge in [-0.3, -0.25) is 19.2 Å². The zero-order valence-electron chi connectivity index (χ0n) is 19.4. The minimum Gasteiger partial charge on any atom is -0.458 e. The Labute approximate surface area is 188 Å². The van der Waals surface area contributed by atoms with Gasteiger partial charge in [-0.15, -0.1) is 0 Å². The average Bonchev–Trinajstić information content (AvgIpc) is 2.98. The van der Waals surface area contributed by atoms with Crippen molar-refractivity contribution < 1.29 is 33.8 Å². The molecule has 0 aromatic rings. The molecule has 0 amide bonds. The summed E-state index contributed by atoms with van der Waals surface area (Å²) in [7, 11) is 0. The number of Topliss-reactive ketones (excluding diaryl/α,β-unsaturated/α-hetero) is 1. The van der Waals surface area contributed by atoms with Crippen LogP contribution >= 0.6 is 0 Å². The van der Waals surface area contributed by atoms with Crippen LogP contribution in [-0.4, -0.2) is 46.9 Å². The largest absolute Gasteiger partial charge is 0.458 e. The molecule has 4 aliphatic rings. The predicted molar refractivity (Wildman–Crippen MR) is 114 cm³/mol. The van der Waals surface area contributed by atoms with E-state index in [9.17, 15) is 24.3 Å². The van der Waals surface area contributed by atoms with Gasteiger partial charge in [0.1, 0.15) is 0 Å². The number of carbonyl (C=O) groups excluding carboxylic acids is 4. The average molecular weight is 447 g/mol. The molecule has 4 aliphatic carbocycles. The van der Waals surface area contributed by atoms with E-state index in [1.165, 1.54) is 13.8 Å². The van der Waals surface area contributed by atoms with Crippen LogP contribution in [0.3, 0.4) is 0 Å². The Morgan fingerprint density at radius 1 is 1.09 bits per heavy atom. The quantitative estimate of drug-likeness (QED) is 0.662. The van der Waals surface area contributed by atoms with Crippen LogP contribution in [0.4, 0.5) is 0 Å². The van der Waals surface area contributed by atoms with Crippen molar-refractivity contribution >= 4 is 23.5 Å². The van der Waals surface area contributed by atoms with Crippen molar-refractivity contribution in [3.05, 3.63) is 11.6 Å². The molecule has 3 saturated carbocycles. The highest BCUT2D eigenvalue weighted by atomic mass is 16.6. The summed E-state index contributed by atoms with van der Waals surface area (Å²) < 4.78 is 10.8. The Balaban J connectivity index is 1.72. The highest BCUT2D eigenvalue weighted by molar-refractivity contribution is 5.93. The maximum atomic E-state index is 13.4. The molecule has 4 rings (SSSR count). The van der Waals surface area contributed by atoms with Gasteiger partial charge in [0.2, 0.25) is 5.78 Å². The molecule has 0 radical (unpaired) electrons. The van der Waals surface area contributed by atoms with Crippen molar-refractivity contribution in [1.29, 1.82) is 0 Å². The molecule has 7 heteroatoms. The first kappa shape index (κ1) is 23.1. The van der Waals surface area contributed by atoms with Gasteiger partial charge in [-0.1, -0.05) is 19.4 Å². The van der Waals surface area contributed by atoms with Gasteiger partial charge < -0.3 is 14.6 Å². The molecule has 0 aliphatic heterocycles. The normalized spacial score (nSPS) is 42.8. The van der Waals surface area contributed by atoms with E-state index in [0.29, 0.717) is 25.7 Å². The molecular weight excluding hydrogens is 412 g/mol. The van der Waals surface area contributed by atoms with Crippen LogP contribution < -0.4 is 0 Å². The lowest BCUT2D eigenvalue weighted by Gasteiger charge is -2.60. The molecule has 1 N–H and O–H groups in total. The Morgan fingerprint density at radius 2 is 1.81 bits per heavy atom. The summed E-state index contributed by atoms with van der Waals surface area (Å²) in [6.07, 6.45) is 5.39. The summed E-state index contributed by atoms with van der Waals surface area (Å²) in [5.74, 6) is -1.10. The van der Waals surface area contributed by atoms with Crippen molar-refractivity contribution in [2.75, 3.05) is 6.61 Å². The van der Waals surface area contributed by atoms with E-state index in [4.69, 9.17) is 9.47 Å². The van der Waals surface area contributed by atoms with Crippen molar-refractivity contribution in [2.24, 2.45) is 28.6 Å². The second kappa shape index (κ2) is 7.79. The number of aliphatic hydroxyl groups is 1. The van der Waals surface area contributed by atoms with E-state index in [0.717, 1.165) is 24.8 Å². The maximum Gasteiger partial charge on any atom is 0.303 e. The topological polar surface area (TPSA) is 107 Å². The van der Waals surface area contributed by atoms with E-state index in [1.54, 1.807) is 6.08 Å². The second-order valence-electron chi connectivity index (χ2n) is 10.7. The van der Waals surface area contributed by atoms with Crippen LogP contribution in [0.1, 0.15) is 72.6 Å². The number of esters is 2. The highest BCUT2D eigenvalue weighted by Crippen LogP contribution is 2.68. The molecule has 176 valence electrons. The number of carbonyl (C=O) groups is 4. The van der Waals surface area contributed by atoms with Crippen LogP contribution in [-0.2, 0) is 28.7 Å². The first-order valence-corrected chi connectivity index (χ1v) is 11.7. The molecule has 0 aromatic carbocycles. The third-order valence-electron chi connectivity index (χ3n) is 9.19. The molecule has 0 bridgehead atoms. The third-order valence-corrected chi connectivity index (χ3v) is 9.19. The SMILES string of the molecule is CC(=O)OCC(=O)[C@@]1(OC(C)=O)CC[C@H]2[C@@H]3CCC4=CC(=O)CC[C@]4(C)[C@H]3C(O)C[C@@]21C. The fourth-order valence-corrected chi connectivity index (χ4v) is 7.89. The maximum absolute atomic E-state index is 13.4. The van der Waals surface area contributed by atoms with Crippen molar-refractivity contribution in [3.63, 3.8) is 0 Å². The number of aliphatic hydroxyl groups excluding tert-OH is 1. The number of allylic oxidation sites excluding steroid dienone is 1. The van der Waals surface area contributed by atoms with Gasteiger partial charge >= 0.3 is 11.9 Å². The third kappa shape index (κ3) is 3.27. The molecule has 0 saturated heterocycles. The fraction of sp³-hybridized carbons (Fsp3) is 0.760. The van der Waals surface area contributed by atoms with Crippen LogP contribution in [0, 0.1) is 28.6 Å². The van der Waals surface area contributed by atoms with Crippen LogP contribution in [0.2, 0.25) is 0 Å². The minimum absolute atomic E-state index is 0.00498. The zero-order valence-corrected chi connectivity index (χ0v) is 19.4. The molecule has 0 spiro atoms. The summed E-state index contributed by atoms with van der Waals surface area (Å²) in [4.78, 5) is 48.9. The van der Waals surface area contributed by atoms with E-state index in [-0.39, 0.29) is 29.0 Å². The number of ketones is 2. The Bertz CT molecular complexity index is 891. The molecule has 7 nitrogen and oxygen atoms in total. The van der Waals surface area contributed by atoms with Crippen LogP contribution in [0.25, 0.3) is 0 Å². The smallest absolute Gasteiger partial charge is 0.303 e. The van der Waals surface area contributed by atoms with Crippen molar-refractivity contribution in [3.8, 4) is 0 Å². The Kier molecular flexibility index (Phi) is 5.63. The lowest BCUT2D eigenvalue weighted by Crippen LogP contribution is -2.63. The van der Waals surface area contributed by atoms with Crippen LogP contribution in [0.15, 0.2) is 11.6 Å². The van der Waals surface area contributed by atoms with E-state index < -0.39 is 41.4 Å². The zero-order chi connectivity index (χ0) is 23.5. The van der Waals surface area contributed by atoms with Gasteiger partial charge in [0.15, 0.2) is 18.0 Å². The van der Waals surface area contributed by atoms with Gasteiger partial charge in [-0.2, -0.15) is 0 Å². The fourth-order valence-electron chi connectivity index (χ4n) is 7.89. The molecule has 3 fully saturated rings. The Morgan fingerprint density at radius 3 is 2.47 bits per heavy atom. The summed E-state index contributed by atoms with van der Waals surface area (Å²) in [5.41, 5.74) is -1.25. The van der Waals surface area contributed by atoms with E-state index >= 15 is 0 Å². The van der Waals surface area contributed by atoms with Crippen molar-refractivity contribution in [2.45, 2.75) is 84.3 Å². The second-order valence-corrected chi connectivity index (χ2v) is 10.7. The van der Waals surface area contributed by atoms with Gasteiger partial charge in [0.05, 0.1) is 6.10 Å². The lowest BCUT2D eigenvalue weighted by molar-refractivity contribution is -0.201. The number of ether oxygens (including phenoxy) is 2. The number of rotatable bonds is 4. The molecule has 32 heavy (non-hydrogen) atoms. The molecule has 7 atom stereocenters. The number of fused-ring (bicyclic) bond motifs is 5. The van der Waals surface area contributed by atoms with Crippen molar-refractivity contribution in [1.82, 2.24) is 0 Å². The highest BCUT2D eigenvalue weighted by Gasteiger charge is 2.70. The molecule has 0 aromatic heterocycles.